The topological polar surface area (TPSA) is 75.4 Å². The minimum atomic E-state index is -0.870. The molecule has 146 valence electrons. The summed E-state index contributed by atoms with van der Waals surface area (Å²) in [6, 6.07) is 12.0. The van der Waals surface area contributed by atoms with Gasteiger partial charge in [-0.1, -0.05) is 30.3 Å². The van der Waals surface area contributed by atoms with E-state index >= 15 is 0 Å². The third kappa shape index (κ3) is 3.30. The van der Waals surface area contributed by atoms with Crippen molar-refractivity contribution in [1.82, 2.24) is 14.7 Å². The molecule has 4 rings (SSSR count). The van der Waals surface area contributed by atoms with E-state index < -0.39 is 11.4 Å². The molecular weight excluding hydrogens is 374 g/mol. The maximum Gasteiger partial charge on any atom is 0.311 e. The van der Waals surface area contributed by atoms with Gasteiger partial charge < -0.3 is 10.0 Å². The van der Waals surface area contributed by atoms with Crippen molar-refractivity contribution < 1.29 is 14.7 Å². The number of fused-ring (bicyclic) bond motifs is 1. The fraction of sp³-hybridized carbons (Fsp3) is 0.381. The molecule has 0 saturated carbocycles. The van der Waals surface area contributed by atoms with E-state index in [1.165, 1.54) is 11.3 Å². The number of carboxylic acid groups (broad SMARTS) is 1. The second kappa shape index (κ2) is 7.05. The Labute approximate surface area is 167 Å². The average molecular weight is 398 g/mol. The number of carbonyl (C=O) groups excluding carboxylic acids is 1. The number of aryl methyl sites for hydroxylation is 1. The summed E-state index contributed by atoms with van der Waals surface area (Å²) >= 11 is 1.44. The van der Waals surface area contributed by atoms with Gasteiger partial charge in [0, 0.05) is 18.5 Å². The standard InChI is InChI=1S/C21H23N3O3S/c1-14-16-11-17(18(25)23-10-6-9-21(2,13-23)20(26)27)28-19(16)24(22-14)12-15-7-4-3-5-8-15/h3-5,7-8,11H,6,9-10,12-13H2,1-2H3,(H,26,27). The van der Waals surface area contributed by atoms with Gasteiger partial charge in [-0.15, -0.1) is 11.3 Å². The lowest BCUT2D eigenvalue weighted by Gasteiger charge is -2.37. The van der Waals surface area contributed by atoms with E-state index in [1.807, 2.05) is 35.9 Å². The fourth-order valence-corrected chi connectivity index (χ4v) is 4.95. The molecule has 7 heteroatoms. The first-order chi connectivity index (χ1) is 13.4. The Balaban J connectivity index is 1.62. The van der Waals surface area contributed by atoms with Crippen LogP contribution in [-0.4, -0.2) is 44.8 Å². The molecule has 3 aromatic rings. The number of aromatic nitrogens is 2. The summed E-state index contributed by atoms with van der Waals surface area (Å²) in [4.78, 5) is 28.0. The predicted molar refractivity (Wildman–Crippen MR) is 109 cm³/mol. The van der Waals surface area contributed by atoms with E-state index in [2.05, 4.69) is 17.2 Å². The molecule has 0 aliphatic carbocycles. The maximum atomic E-state index is 13.1. The molecule has 1 aliphatic rings. The molecule has 0 spiro atoms. The van der Waals surface area contributed by atoms with Crippen molar-refractivity contribution in [3.05, 3.63) is 52.5 Å². The number of thiophene rings is 1. The molecule has 1 unspecified atom stereocenters. The van der Waals surface area contributed by atoms with Gasteiger partial charge in [-0.2, -0.15) is 5.10 Å². The van der Waals surface area contributed by atoms with Crippen molar-refractivity contribution >= 4 is 33.4 Å². The lowest BCUT2D eigenvalue weighted by atomic mass is 9.82. The molecule has 0 radical (unpaired) electrons. The average Bonchev–Trinajstić information content (AvgIpc) is 3.23. The van der Waals surface area contributed by atoms with Crippen molar-refractivity contribution in [2.24, 2.45) is 5.41 Å². The van der Waals surface area contributed by atoms with Crippen LogP contribution < -0.4 is 0 Å². The van der Waals surface area contributed by atoms with Crippen LogP contribution in [0.3, 0.4) is 0 Å². The van der Waals surface area contributed by atoms with E-state index in [0.29, 0.717) is 30.8 Å². The second-order valence-electron chi connectivity index (χ2n) is 7.75. The first-order valence-corrected chi connectivity index (χ1v) is 10.2. The van der Waals surface area contributed by atoms with Crippen LogP contribution in [0.15, 0.2) is 36.4 Å². The van der Waals surface area contributed by atoms with Crippen LogP contribution in [0.5, 0.6) is 0 Å². The van der Waals surface area contributed by atoms with E-state index in [1.54, 1.807) is 11.8 Å². The smallest absolute Gasteiger partial charge is 0.311 e. The van der Waals surface area contributed by atoms with Gasteiger partial charge in [0.05, 0.1) is 22.5 Å². The van der Waals surface area contributed by atoms with Gasteiger partial charge in [-0.05, 0) is 38.3 Å². The maximum absolute atomic E-state index is 13.1. The first-order valence-electron chi connectivity index (χ1n) is 9.41. The number of nitrogens with zero attached hydrogens (tertiary/aromatic N) is 3. The van der Waals surface area contributed by atoms with Crippen LogP contribution in [0.2, 0.25) is 0 Å². The van der Waals surface area contributed by atoms with E-state index in [9.17, 15) is 14.7 Å². The van der Waals surface area contributed by atoms with Gasteiger partial charge in [0.25, 0.3) is 5.91 Å². The molecule has 1 aromatic carbocycles. The molecule has 1 fully saturated rings. The number of carboxylic acids is 1. The van der Waals surface area contributed by atoms with Gasteiger partial charge in [-0.25, -0.2) is 0 Å². The number of likely N-dealkylation sites (tertiary alicyclic amines) is 1. The van der Waals surface area contributed by atoms with Crippen LogP contribution >= 0.6 is 11.3 Å². The van der Waals surface area contributed by atoms with Crippen LogP contribution in [-0.2, 0) is 11.3 Å². The highest BCUT2D eigenvalue weighted by molar-refractivity contribution is 7.20. The Hall–Kier alpha value is -2.67. The summed E-state index contributed by atoms with van der Waals surface area (Å²) in [5, 5.41) is 15.1. The van der Waals surface area contributed by atoms with Gasteiger partial charge in [-0.3, -0.25) is 14.3 Å². The number of hydrogen-bond acceptors (Lipinski definition) is 4. The summed E-state index contributed by atoms with van der Waals surface area (Å²) in [6.45, 7) is 5.19. The molecule has 1 atom stereocenters. The summed E-state index contributed by atoms with van der Waals surface area (Å²) in [7, 11) is 0. The van der Waals surface area contributed by atoms with Crippen LogP contribution in [0.25, 0.3) is 10.2 Å². The minimum Gasteiger partial charge on any atom is -0.481 e. The highest BCUT2D eigenvalue weighted by Gasteiger charge is 2.39. The zero-order valence-corrected chi connectivity index (χ0v) is 16.8. The summed E-state index contributed by atoms with van der Waals surface area (Å²) in [5.41, 5.74) is 1.18. The highest BCUT2D eigenvalue weighted by atomic mass is 32.1. The quantitative estimate of drug-likeness (QED) is 0.727. The molecule has 28 heavy (non-hydrogen) atoms. The normalized spacial score (nSPS) is 19.9. The van der Waals surface area contributed by atoms with Gasteiger partial charge in [0.2, 0.25) is 0 Å². The van der Waals surface area contributed by atoms with Crippen molar-refractivity contribution in [2.75, 3.05) is 13.1 Å². The molecule has 1 N–H and O–H groups in total. The van der Waals surface area contributed by atoms with Crippen molar-refractivity contribution in [1.29, 1.82) is 0 Å². The van der Waals surface area contributed by atoms with E-state index in [-0.39, 0.29) is 12.5 Å². The van der Waals surface area contributed by atoms with E-state index in [4.69, 9.17) is 0 Å². The number of hydrogen-bond donors (Lipinski definition) is 1. The number of aliphatic carboxylic acids is 1. The van der Waals surface area contributed by atoms with Gasteiger partial charge in [0.15, 0.2) is 0 Å². The summed E-state index contributed by atoms with van der Waals surface area (Å²) in [6.07, 6.45) is 1.31. The van der Waals surface area contributed by atoms with Crippen LogP contribution in [0.4, 0.5) is 0 Å². The number of carbonyl (C=O) groups is 2. The largest absolute Gasteiger partial charge is 0.481 e. The van der Waals surface area contributed by atoms with Gasteiger partial charge >= 0.3 is 5.97 Å². The molecule has 1 amide bonds. The zero-order valence-electron chi connectivity index (χ0n) is 16.0. The lowest BCUT2D eigenvalue weighted by Crippen LogP contribution is -2.48. The Morgan fingerprint density at radius 3 is 2.75 bits per heavy atom. The lowest BCUT2D eigenvalue weighted by molar-refractivity contribution is -0.150. The van der Waals surface area contributed by atoms with E-state index in [0.717, 1.165) is 21.5 Å². The number of piperidine rings is 1. The zero-order chi connectivity index (χ0) is 19.9. The Morgan fingerprint density at radius 1 is 1.29 bits per heavy atom. The number of benzene rings is 1. The molecule has 6 nitrogen and oxygen atoms in total. The Bertz CT molecular complexity index is 1040. The van der Waals surface area contributed by atoms with Gasteiger partial charge in [0.1, 0.15) is 4.83 Å². The molecular formula is C21H23N3O3S. The summed E-state index contributed by atoms with van der Waals surface area (Å²) < 4.78 is 1.94. The van der Waals surface area contributed by atoms with Crippen LogP contribution in [0.1, 0.15) is 40.7 Å². The fourth-order valence-electron chi connectivity index (χ4n) is 3.82. The van der Waals surface area contributed by atoms with Crippen molar-refractivity contribution in [3.8, 4) is 0 Å². The Morgan fingerprint density at radius 2 is 2.04 bits per heavy atom. The SMILES string of the molecule is Cc1nn(Cc2ccccc2)c2sc(C(=O)N3CCCC(C)(C(=O)O)C3)cc12. The molecule has 3 heterocycles. The third-order valence-corrected chi connectivity index (χ3v) is 6.63. The van der Waals surface area contributed by atoms with Crippen molar-refractivity contribution in [2.45, 2.75) is 33.2 Å². The summed E-state index contributed by atoms with van der Waals surface area (Å²) in [5.74, 6) is -0.922. The minimum absolute atomic E-state index is 0.0842. The first kappa shape index (κ1) is 18.7. The molecule has 0 bridgehead atoms. The molecule has 2 aromatic heterocycles. The molecule has 1 saturated heterocycles. The van der Waals surface area contributed by atoms with Crippen molar-refractivity contribution in [3.63, 3.8) is 0 Å². The number of rotatable bonds is 4. The second-order valence-corrected chi connectivity index (χ2v) is 8.78. The Kier molecular flexibility index (Phi) is 4.71. The van der Waals surface area contributed by atoms with Crippen LogP contribution in [0, 0.1) is 12.3 Å². The monoisotopic (exact) mass is 397 g/mol. The molecule has 1 aliphatic heterocycles. The third-order valence-electron chi connectivity index (χ3n) is 5.49. The highest BCUT2D eigenvalue weighted by Crippen LogP contribution is 2.33. The predicted octanol–water partition coefficient (Wildman–Crippen LogP) is 3.78. The number of amides is 1.